The molecule has 0 N–H and O–H groups in total. The Balaban J connectivity index is 1.42. The summed E-state index contributed by atoms with van der Waals surface area (Å²) in [7, 11) is 0. The number of carbonyl (C=O) groups is 2. The Bertz CT molecular complexity index is 803. The fraction of sp³-hybridized carbons (Fsp3) is 0.524. The van der Waals surface area contributed by atoms with Crippen LogP contribution in [0.15, 0.2) is 34.9 Å². The van der Waals surface area contributed by atoms with E-state index in [1.165, 1.54) is 0 Å². The third kappa shape index (κ3) is 4.97. The number of hydrogen-bond donors (Lipinski definition) is 0. The molecule has 0 unspecified atom stereocenters. The minimum Gasteiger partial charge on any atom is -0.339 e. The third-order valence-electron chi connectivity index (χ3n) is 4.86. The van der Waals surface area contributed by atoms with Crippen molar-refractivity contribution in [2.75, 3.05) is 26.2 Å². The number of nitrogens with zero attached hydrogens (tertiary/aromatic N) is 4. The van der Waals surface area contributed by atoms with Crippen molar-refractivity contribution in [3.63, 3.8) is 0 Å². The maximum absolute atomic E-state index is 12.5. The normalized spacial score (nSPS) is 15.0. The molecule has 1 aliphatic heterocycles. The average molecular weight is 384 g/mol. The Morgan fingerprint density at radius 1 is 1.04 bits per heavy atom. The quantitative estimate of drug-likeness (QED) is 0.792. The predicted octanol–water partition coefficient (Wildman–Crippen LogP) is 2.67. The van der Waals surface area contributed by atoms with Gasteiger partial charge in [0.25, 0.3) is 5.91 Å². The molecular formula is C21H28N4O3. The second-order valence-corrected chi connectivity index (χ2v) is 8.15. The van der Waals surface area contributed by atoms with Crippen molar-refractivity contribution >= 4 is 11.8 Å². The minimum atomic E-state index is -0.144. The van der Waals surface area contributed by atoms with Gasteiger partial charge in [-0.15, -0.1) is 0 Å². The van der Waals surface area contributed by atoms with E-state index in [1.54, 1.807) is 0 Å². The molecule has 0 atom stereocenters. The lowest BCUT2D eigenvalue weighted by Gasteiger charge is -2.35. The molecule has 0 spiro atoms. The SMILES string of the molecule is CC(C)(C)c1noc(CCCC(=O)N2CCN(C(=O)c3ccccc3)CC2)n1. The number of rotatable bonds is 5. The molecule has 1 saturated heterocycles. The van der Waals surface area contributed by atoms with Gasteiger partial charge in [0.1, 0.15) is 0 Å². The van der Waals surface area contributed by atoms with Crippen LogP contribution in [0.25, 0.3) is 0 Å². The van der Waals surface area contributed by atoms with Gasteiger partial charge in [-0.3, -0.25) is 9.59 Å². The summed E-state index contributed by atoms with van der Waals surface area (Å²) in [5.41, 5.74) is 0.547. The Hall–Kier alpha value is -2.70. The largest absolute Gasteiger partial charge is 0.339 e. The predicted molar refractivity (Wildman–Crippen MR) is 105 cm³/mol. The molecule has 0 radical (unpaired) electrons. The van der Waals surface area contributed by atoms with Crippen LogP contribution in [0.3, 0.4) is 0 Å². The van der Waals surface area contributed by atoms with Gasteiger partial charge >= 0.3 is 0 Å². The smallest absolute Gasteiger partial charge is 0.253 e. The van der Waals surface area contributed by atoms with E-state index in [1.807, 2.05) is 60.9 Å². The molecule has 2 heterocycles. The molecule has 2 amide bonds. The van der Waals surface area contributed by atoms with Crippen molar-refractivity contribution in [1.29, 1.82) is 0 Å². The van der Waals surface area contributed by atoms with E-state index in [9.17, 15) is 9.59 Å². The fourth-order valence-electron chi connectivity index (χ4n) is 3.13. The van der Waals surface area contributed by atoms with Gasteiger partial charge < -0.3 is 14.3 Å². The zero-order chi connectivity index (χ0) is 20.1. The molecule has 1 aromatic heterocycles. The zero-order valence-electron chi connectivity index (χ0n) is 16.9. The maximum Gasteiger partial charge on any atom is 0.253 e. The minimum absolute atomic E-state index is 0.0266. The van der Waals surface area contributed by atoms with Gasteiger partial charge in [-0.2, -0.15) is 4.98 Å². The van der Waals surface area contributed by atoms with Crippen LogP contribution in [0.4, 0.5) is 0 Å². The van der Waals surface area contributed by atoms with Crippen LogP contribution >= 0.6 is 0 Å². The van der Waals surface area contributed by atoms with Gasteiger partial charge in [0.15, 0.2) is 5.82 Å². The molecule has 28 heavy (non-hydrogen) atoms. The molecule has 150 valence electrons. The highest BCUT2D eigenvalue weighted by Gasteiger charge is 2.25. The molecule has 7 nitrogen and oxygen atoms in total. The topological polar surface area (TPSA) is 79.5 Å². The number of hydrogen-bond acceptors (Lipinski definition) is 5. The van der Waals surface area contributed by atoms with Gasteiger partial charge in [-0.05, 0) is 18.6 Å². The molecule has 2 aromatic rings. The van der Waals surface area contributed by atoms with Gasteiger partial charge in [-0.1, -0.05) is 44.1 Å². The van der Waals surface area contributed by atoms with E-state index in [0.29, 0.717) is 62.7 Å². The molecule has 3 rings (SSSR count). The molecule has 7 heteroatoms. The maximum atomic E-state index is 12.5. The summed E-state index contributed by atoms with van der Waals surface area (Å²) in [6.45, 7) is 8.39. The molecule has 0 bridgehead atoms. The number of amides is 2. The van der Waals surface area contributed by atoms with Crippen LogP contribution in [-0.2, 0) is 16.6 Å². The summed E-state index contributed by atoms with van der Waals surface area (Å²) in [4.78, 5) is 33.0. The summed E-state index contributed by atoms with van der Waals surface area (Å²) in [6, 6.07) is 9.26. The van der Waals surface area contributed by atoms with Crippen molar-refractivity contribution in [1.82, 2.24) is 19.9 Å². The van der Waals surface area contributed by atoms with E-state index in [2.05, 4.69) is 10.1 Å². The standard InChI is InChI=1S/C21H28N4O3/c1-21(2,3)20-22-17(28-23-20)10-7-11-18(26)24-12-14-25(15-13-24)19(27)16-8-5-4-6-9-16/h4-6,8-9H,7,10-15H2,1-3H3. The van der Waals surface area contributed by atoms with Crippen LogP contribution < -0.4 is 0 Å². The number of benzene rings is 1. The first-order chi connectivity index (χ1) is 13.3. The van der Waals surface area contributed by atoms with E-state index >= 15 is 0 Å². The van der Waals surface area contributed by atoms with E-state index in [4.69, 9.17) is 4.52 Å². The number of piperazine rings is 1. The van der Waals surface area contributed by atoms with Gasteiger partial charge in [0.05, 0.1) is 0 Å². The van der Waals surface area contributed by atoms with Gasteiger partial charge in [-0.25, -0.2) is 0 Å². The highest BCUT2D eigenvalue weighted by atomic mass is 16.5. The van der Waals surface area contributed by atoms with Gasteiger partial charge in [0, 0.05) is 50.0 Å². The van der Waals surface area contributed by atoms with Crippen LogP contribution in [0, 0.1) is 0 Å². The van der Waals surface area contributed by atoms with Crippen molar-refractivity contribution in [3.8, 4) is 0 Å². The van der Waals surface area contributed by atoms with Crippen molar-refractivity contribution in [2.24, 2.45) is 0 Å². The summed E-state index contributed by atoms with van der Waals surface area (Å²) < 4.78 is 5.27. The summed E-state index contributed by atoms with van der Waals surface area (Å²) in [6.07, 6.45) is 1.72. The molecule has 1 fully saturated rings. The van der Waals surface area contributed by atoms with Crippen molar-refractivity contribution < 1.29 is 14.1 Å². The monoisotopic (exact) mass is 384 g/mol. The van der Waals surface area contributed by atoms with Crippen LogP contribution in [-0.4, -0.2) is 57.9 Å². The zero-order valence-corrected chi connectivity index (χ0v) is 16.9. The molecular weight excluding hydrogens is 356 g/mol. The summed E-state index contributed by atoms with van der Waals surface area (Å²) in [5.74, 6) is 1.41. The lowest BCUT2D eigenvalue weighted by molar-refractivity contribution is -0.132. The summed E-state index contributed by atoms with van der Waals surface area (Å²) >= 11 is 0. The number of aromatic nitrogens is 2. The molecule has 0 saturated carbocycles. The Morgan fingerprint density at radius 2 is 1.68 bits per heavy atom. The first-order valence-electron chi connectivity index (χ1n) is 9.80. The third-order valence-corrected chi connectivity index (χ3v) is 4.86. The van der Waals surface area contributed by atoms with E-state index < -0.39 is 0 Å². The van der Waals surface area contributed by atoms with E-state index in [0.717, 1.165) is 0 Å². The fourth-order valence-corrected chi connectivity index (χ4v) is 3.13. The first kappa shape index (κ1) is 20.0. The molecule has 1 aromatic carbocycles. The Labute approximate surface area is 165 Å². The first-order valence-corrected chi connectivity index (χ1v) is 9.80. The molecule has 1 aliphatic rings. The van der Waals surface area contributed by atoms with Gasteiger partial charge in [0.2, 0.25) is 11.8 Å². The van der Waals surface area contributed by atoms with Crippen molar-refractivity contribution in [3.05, 3.63) is 47.6 Å². The highest BCUT2D eigenvalue weighted by Crippen LogP contribution is 2.19. The average Bonchev–Trinajstić information content (AvgIpc) is 3.17. The van der Waals surface area contributed by atoms with E-state index in [-0.39, 0.29) is 17.2 Å². The van der Waals surface area contributed by atoms with Crippen LogP contribution in [0.1, 0.15) is 55.7 Å². The van der Waals surface area contributed by atoms with Crippen LogP contribution in [0.2, 0.25) is 0 Å². The lowest BCUT2D eigenvalue weighted by atomic mass is 9.96. The Kier molecular flexibility index (Phi) is 6.11. The van der Waals surface area contributed by atoms with Crippen LogP contribution in [0.5, 0.6) is 0 Å². The highest BCUT2D eigenvalue weighted by molar-refractivity contribution is 5.94. The second-order valence-electron chi connectivity index (χ2n) is 8.15. The molecule has 0 aliphatic carbocycles. The van der Waals surface area contributed by atoms with Crippen molar-refractivity contribution in [2.45, 2.75) is 45.4 Å². The second kappa shape index (κ2) is 8.54. The number of carbonyl (C=O) groups excluding carboxylic acids is 2. The number of aryl methyl sites for hydroxylation is 1. The Morgan fingerprint density at radius 3 is 2.29 bits per heavy atom. The summed E-state index contributed by atoms with van der Waals surface area (Å²) in [5, 5.41) is 4.01. The lowest BCUT2D eigenvalue weighted by Crippen LogP contribution is -2.50.